The maximum Gasteiger partial charge on any atom is 0.241 e. The Morgan fingerprint density at radius 1 is 1.43 bits per heavy atom. The second-order valence-electron chi connectivity index (χ2n) is 7.22. The first kappa shape index (κ1) is 16.7. The zero-order valence-corrected chi connectivity index (χ0v) is 13.9. The van der Waals surface area contributed by atoms with Crippen molar-refractivity contribution in [3.8, 4) is 0 Å². The summed E-state index contributed by atoms with van der Waals surface area (Å²) in [6.45, 7) is 12.0. The molecule has 2 fully saturated rings. The number of likely N-dealkylation sites (tertiary alicyclic amines) is 1. The molecular formula is C16H31N3O2. The molecule has 0 bridgehead atoms. The molecule has 0 aromatic rings. The molecule has 3 N–H and O–H groups in total. The van der Waals surface area contributed by atoms with Crippen molar-refractivity contribution < 1.29 is 9.53 Å². The maximum atomic E-state index is 12.6. The fraction of sp³-hybridized carbons (Fsp3) is 0.938. The van der Waals surface area contributed by atoms with Crippen LogP contribution in [-0.2, 0) is 9.53 Å². The number of hydrogen-bond acceptors (Lipinski definition) is 4. The van der Waals surface area contributed by atoms with Gasteiger partial charge in [-0.3, -0.25) is 4.79 Å². The Kier molecular flexibility index (Phi) is 4.96. The number of nitrogens with two attached hydrogens (primary N) is 1. The van der Waals surface area contributed by atoms with Gasteiger partial charge >= 0.3 is 0 Å². The van der Waals surface area contributed by atoms with E-state index in [2.05, 4.69) is 17.1 Å². The molecule has 0 aromatic heterocycles. The van der Waals surface area contributed by atoms with E-state index in [9.17, 15) is 4.79 Å². The Morgan fingerprint density at radius 3 is 2.57 bits per heavy atom. The van der Waals surface area contributed by atoms with E-state index in [1.807, 2.05) is 20.8 Å². The summed E-state index contributed by atoms with van der Waals surface area (Å²) in [5.41, 5.74) is 5.26. The van der Waals surface area contributed by atoms with Crippen LogP contribution in [0.15, 0.2) is 0 Å². The van der Waals surface area contributed by atoms with Crippen LogP contribution in [0, 0.1) is 5.41 Å². The van der Waals surface area contributed by atoms with Gasteiger partial charge in [0.25, 0.3) is 0 Å². The van der Waals surface area contributed by atoms with Crippen molar-refractivity contribution in [1.29, 1.82) is 0 Å². The normalized spacial score (nSPS) is 33.5. The molecule has 5 nitrogen and oxygen atoms in total. The molecule has 1 aliphatic heterocycles. The molecule has 1 saturated carbocycles. The quantitative estimate of drug-likeness (QED) is 0.771. The van der Waals surface area contributed by atoms with Crippen LogP contribution in [0.2, 0.25) is 0 Å². The van der Waals surface area contributed by atoms with E-state index in [0.29, 0.717) is 13.0 Å². The minimum absolute atomic E-state index is 0.0323. The Bertz CT molecular complexity index is 380. The molecule has 3 atom stereocenters. The van der Waals surface area contributed by atoms with Crippen LogP contribution in [0.1, 0.15) is 47.0 Å². The van der Waals surface area contributed by atoms with Crippen LogP contribution in [0.25, 0.3) is 0 Å². The summed E-state index contributed by atoms with van der Waals surface area (Å²) >= 11 is 0. The van der Waals surface area contributed by atoms with Gasteiger partial charge < -0.3 is 20.7 Å². The van der Waals surface area contributed by atoms with Gasteiger partial charge in [-0.25, -0.2) is 0 Å². The molecule has 1 saturated heterocycles. The molecule has 0 aromatic carbocycles. The van der Waals surface area contributed by atoms with E-state index < -0.39 is 5.54 Å². The zero-order chi connectivity index (χ0) is 15.7. The van der Waals surface area contributed by atoms with Crippen molar-refractivity contribution in [2.75, 3.05) is 26.2 Å². The van der Waals surface area contributed by atoms with Crippen LogP contribution in [0.5, 0.6) is 0 Å². The second kappa shape index (κ2) is 6.23. The third-order valence-electron chi connectivity index (χ3n) is 5.34. The highest BCUT2D eigenvalue weighted by atomic mass is 16.5. The lowest BCUT2D eigenvalue weighted by Gasteiger charge is -2.57. The van der Waals surface area contributed by atoms with E-state index in [0.717, 1.165) is 19.6 Å². The largest absolute Gasteiger partial charge is 0.378 e. The second-order valence-corrected chi connectivity index (χ2v) is 7.22. The van der Waals surface area contributed by atoms with E-state index in [4.69, 9.17) is 10.5 Å². The standard InChI is InChI=1S/C16H31N3O2/c1-5-21-13-10-16(17,15(13,3)4)14(20)18-12(2)11-19-8-6-7-9-19/h12-13H,5-11,17H2,1-4H3,(H,18,20). The summed E-state index contributed by atoms with van der Waals surface area (Å²) in [4.78, 5) is 15.0. The third-order valence-corrected chi connectivity index (χ3v) is 5.34. The van der Waals surface area contributed by atoms with Crippen LogP contribution in [0.3, 0.4) is 0 Å². The molecule has 122 valence electrons. The monoisotopic (exact) mass is 297 g/mol. The predicted octanol–water partition coefficient (Wildman–Crippen LogP) is 1.12. The first-order valence-electron chi connectivity index (χ1n) is 8.25. The average molecular weight is 297 g/mol. The number of rotatable bonds is 6. The summed E-state index contributed by atoms with van der Waals surface area (Å²) in [6.07, 6.45) is 3.22. The van der Waals surface area contributed by atoms with E-state index in [1.165, 1.54) is 12.8 Å². The molecule has 0 spiro atoms. The number of hydrogen-bond donors (Lipinski definition) is 2. The van der Waals surface area contributed by atoms with Gasteiger partial charge in [-0.15, -0.1) is 0 Å². The fourth-order valence-corrected chi connectivity index (χ4v) is 3.57. The Labute approximate surface area is 128 Å². The Balaban J connectivity index is 1.87. The number of carbonyl (C=O) groups excluding carboxylic acids is 1. The van der Waals surface area contributed by atoms with Crippen molar-refractivity contribution in [3.05, 3.63) is 0 Å². The first-order valence-corrected chi connectivity index (χ1v) is 8.25. The molecule has 21 heavy (non-hydrogen) atoms. The summed E-state index contributed by atoms with van der Waals surface area (Å²) in [5, 5.41) is 3.11. The summed E-state index contributed by atoms with van der Waals surface area (Å²) in [7, 11) is 0. The van der Waals surface area contributed by atoms with Crippen LogP contribution in [0.4, 0.5) is 0 Å². The predicted molar refractivity (Wildman–Crippen MR) is 84.0 cm³/mol. The van der Waals surface area contributed by atoms with Gasteiger partial charge in [-0.1, -0.05) is 13.8 Å². The summed E-state index contributed by atoms with van der Waals surface area (Å²) < 4.78 is 5.68. The van der Waals surface area contributed by atoms with Gasteiger partial charge in [0.2, 0.25) is 5.91 Å². The van der Waals surface area contributed by atoms with Crippen molar-refractivity contribution in [1.82, 2.24) is 10.2 Å². The lowest BCUT2D eigenvalue weighted by atomic mass is 9.54. The number of nitrogens with zero attached hydrogens (tertiary/aromatic N) is 1. The molecule has 1 aliphatic carbocycles. The molecule has 0 radical (unpaired) electrons. The van der Waals surface area contributed by atoms with E-state index in [-0.39, 0.29) is 23.5 Å². The Hall–Kier alpha value is -0.650. The Morgan fingerprint density at radius 2 is 2.05 bits per heavy atom. The zero-order valence-electron chi connectivity index (χ0n) is 13.9. The maximum absolute atomic E-state index is 12.6. The van der Waals surface area contributed by atoms with Gasteiger partial charge in [-0.05, 0) is 39.8 Å². The van der Waals surface area contributed by atoms with Crippen LogP contribution >= 0.6 is 0 Å². The highest BCUT2D eigenvalue weighted by molar-refractivity contribution is 5.89. The van der Waals surface area contributed by atoms with Gasteiger partial charge in [0.05, 0.1) is 6.10 Å². The highest BCUT2D eigenvalue weighted by Gasteiger charge is 2.62. The lowest BCUT2D eigenvalue weighted by molar-refractivity contribution is -0.171. The number of ether oxygens (including phenoxy) is 1. The number of nitrogens with one attached hydrogen (secondary N) is 1. The number of amides is 1. The first-order chi connectivity index (χ1) is 9.81. The van der Waals surface area contributed by atoms with Crippen LogP contribution < -0.4 is 11.1 Å². The smallest absolute Gasteiger partial charge is 0.241 e. The van der Waals surface area contributed by atoms with Gasteiger partial charge in [0.1, 0.15) is 5.54 Å². The van der Waals surface area contributed by atoms with Crippen molar-refractivity contribution in [2.45, 2.75) is 64.6 Å². The summed E-state index contributed by atoms with van der Waals surface area (Å²) in [5.74, 6) is -0.0323. The lowest BCUT2D eigenvalue weighted by Crippen LogP contribution is -2.76. The molecule has 2 aliphatic rings. The average Bonchev–Trinajstić information content (AvgIpc) is 2.90. The molecule has 1 heterocycles. The molecule has 5 heteroatoms. The van der Waals surface area contributed by atoms with Gasteiger partial charge in [0, 0.05) is 31.0 Å². The molecule has 1 amide bonds. The minimum atomic E-state index is -0.813. The van der Waals surface area contributed by atoms with Crippen molar-refractivity contribution in [2.24, 2.45) is 11.1 Å². The summed E-state index contributed by atoms with van der Waals surface area (Å²) in [6, 6.07) is 0.137. The molecular weight excluding hydrogens is 266 g/mol. The minimum Gasteiger partial charge on any atom is -0.378 e. The van der Waals surface area contributed by atoms with E-state index in [1.54, 1.807) is 0 Å². The van der Waals surface area contributed by atoms with Crippen LogP contribution in [-0.4, -0.2) is 54.7 Å². The van der Waals surface area contributed by atoms with Gasteiger partial charge in [-0.2, -0.15) is 0 Å². The number of carbonyl (C=O) groups is 1. The molecule has 3 unspecified atom stereocenters. The molecule has 2 rings (SSSR count). The van der Waals surface area contributed by atoms with E-state index >= 15 is 0 Å². The van der Waals surface area contributed by atoms with Crippen molar-refractivity contribution >= 4 is 5.91 Å². The highest BCUT2D eigenvalue weighted by Crippen LogP contribution is 2.49. The SMILES string of the molecule is CCOC1CC(N)(C(=O)NC(C)CN2CCCC2)C1(C)C. The van der Waals surface area contributed by atoms with Gasteiger partial charge in [0.15, 0.2) is 0 Å². The van der Waals surface area contributed by atoms with Crippen molar-refractivity contribution in [3.63, 3.8) is 0 Å². The topological polar surface area (TPSA) is 67.6 Å². The third kappa shape index (κ3) is 3.10. The fourth-order valence-electron chi connectivity index (χ4n) is 3.57.